The van der Waals surface area contributed by atoms with Gasteiger partial charge in [0.05, 0.1) is 13.7 Å². The highest BCUT2D eigenvalue weighted by Gasteiger charge is 2.13. The summed E-state index contributed by atoms with van der Waals surface area (Å²) in [5.41, 5.74) is 0.420. The van der Waals surface area contributed by atoms with Crippen LogP contribution in [0.2, 0.25) is 0 Å². The fourth-order valence-corrected chi connectivity index (χ4v) is 1.38. The standard InChI is InChI=1S/C13H13NO5/c1-19-12(17)6-10(16)7-14-13(18)11-5-3-2-4-9(11)8-15/h2-5,8H,6-7H2,1H3,(H,14,18). The Morgan fingerprint density at radius 3 is 2.58 bits per heavy atom. The molecule has 0 saturated carbocycles. The number of carbonyl (C=O) groups excluding carboxylic acids is 4. The number of carbonyl (C=O) groups is 4. The molecule has 0 aliphatic heterocycles. The molecule has 1 aromatic carbocycles. The van der Waals surface area contributed by atoms with Crippen molar-refractivity contribution in [2.45, 2.75) is 6.42 Å². The Morgan fingerprint density at radius 2 is 1.95 bits per heavy atom. The number of nitrogens with one attached hydrogen (secondary N) is 1. The van der Waals surface area contributed by atoms with E-state index in [1.54, 1.807) is 12.1 Å². The fourth-order valence-electron chi connectivity index (χ4n) is 1.38. The van der Waals surface area contributed by atoms with E-state index in [0.29, 0.717) is 6.29 Å². The van der Waals surface area contributed by atoms with Crippen LogP contribution in [0, 0.1) is 0 Å². The minimum atomic E-state index is -0.660. The van der Waals surface area contributed by atoms with Gasteiger partial charge in [0.25, 0.3) is 5.91 Å². The van der Waals surface area contributed by atoms with Gasteiger partial charge in [-0.15, -0.1) is 0 Å². The summed E-state index contributed by atoms with van der Waals surface area (Å²) in [6, 6.07) is 6.21. The molecule has 0 fully saturated rings. The second kappa shape index (κ2) is 7.05. The summed E-state index contributed by atoms with van der Waals surface area (Å²) in [6.07, 6.45) is 0.164. The molecule has 1 rings (SSSR count). The first kappa shape index (κ1) is 14.6. The molecule has 0 aliphatic rings. The van der Waals surface area contributed by atoms with E-state index >= 15 is 0 Å². The second-order valence-electron chi connectivity index (χ2n) is 3.68. The SMILES string of the molecule is COC(=O)CC(=O)CNC(=O)c1ccccc1C=O. The van der Waals surface area contributed by atoms with E-state index in [-0.39, 0.29) is 17.7 Å². The van der Waals surface area contributed by atoms with Crippen molar-refractivity contribution in [3.8, 4) is 0 Å². The molecule has 0 saturated heterocycles. The van der Waals surface area contributed by atoms with Gasteiger partial charge in [-0.1, -0.05) is 18.2 Å². The fraction of sp³-hybridized carbons (Fsp3) is 0.231. The van der Waals surface area contributed by atoms with Gasteiger partial charge in [-0.2, -0.15) is 0 Å². The highest BCUT2D eigenvalue weighted by molar-refractivity contribution is 6.04. The van der Waals surface area contributed by atoms with Crippen molar-refractivity contribution < 1.29 is 23.9 Å². The summed E-state index contributed by atoms with van der Waals surface area (Å²) >= 11 is 0. The van der Waals surface area contributed by atoms with Crippen LogP contribution in [0.5, 0.6) is 0 Å². The predicted molar refractivity (Wildman–Crippen MR) is 65.8 cm³/mol. The third-order valence-electron chi connectivity index (χ3n) is 2.35. The van der Waals surface area contributed by atoms with Crippen LogP contribution in [0.4, 0.5) is 0 Å². The molecule has 0 spiro atoms. The maximum atomic E-state index is 11.7. The summed E-state index contributed by atoms with van der Waals surface area (Å²) in [5.74, 6) is -1.67. The summed E-state index contributed by atoms with van der Waals surface area (Å²) in [6.45, 7) is -0.291. The van der Waals surface area contributed by atoms with Crippen LogP contribution in [0.25, 0.3) is 0 Å². The average Bonchev–Trinajstić information content (AvgIpc) is 2.44. The molecule has 0 aliphatic carbocycles. The number of Topliss-reactive ketones (excluding diaryl/α,β-unsaturated/α-hetero) is 1. The summed E-state index contributed by atoms with van der Waals surface area (Å²) < 4.78 is 4.33. The van der Waals surface area contributed by atoms with E-state index < -0.39 is 24.1 Å². The van der Waals surface area contributed by atoms with Crippen LogP contribution in [0.15, 0.2) is 24.3 Å². The summed E-state index contributed by atoms with van der Waals surface area (Å²) in [7, 11) is 1.18. The quantitative estimate of drug-likeness (QED) is 0.454. The number of aldehydes is 1. The van der Waals surface area contributed by atoms with Crippen LogP contribution in [-0.2, 0) is 14.3 Å². The summed E-state index contributed by atoms with van der Waals surface area (Å²) in [4.78, 5) is 44.6. The minimum Gasteiger partial charge on any atom is -0.469 e. The van der Waals surface area contributed by atoms with E-state index in [1.165, 1.54) is 19.2 Å². The van der Waals surface area contributed by atoms with Crippen molar-refractivity contribution >= 4 is 23.9 Å². The molecule has 1 aromatic rings. The molecule has 0 bridgehead atoms. The lowest BCUT2D eigenvalue weighted by Crippen LogP contribution is -2.31. The molecule has 0 atom stereocenters. The molecule has 100 valence electrons. The Labute approximate surface area is 109 Å². The smallest absolute Gasteiger partial charge is 0.313 e. The average molecular weight is 263 g/mol. The lowest BCUT2D eigenvalue weighted by Gasteiger charge is -2.06. The molecule has 6 nitrogen and oxygen atoms in total. The van der Waals surface area contributed by atoms with Gasteiger partial charge in [0, 0.05) is 11.1 Å². The zero-order chi connectivity index (χ0) is 14.3. The van der Waals surface area contributed by atoms with E-state index in [0.717, 1.165) is 0 Å². The highest BCUT2D eigenvalue weighted by Crippen LogP contribution is 2.05. The molecular weight excluding hydrogens is 250 g/mol. The van der Waals surface area contributed by atoms with E-state index in [1.807, 2.05) is 0 Å². The Morgan fingerprint density at radius 1 is 1.26 bits per heavy atom. The van der Waals surface area contributed by atoms with Gasteiger partial charge in [-0.3, -0.25) is 19.2 Å². The molecule has 1 N–H and O–H groups in total. The lowest BCUT2D eigenvalue weighted by molar-refractivity contribution is -0.143. The number of benzene rings is 1. The molecular formula is C13H13NO5. The first-order chi connectivity index (χ1) is 9.08. The van der Waals surface area contributed by atoms with E-state index in [9.17, 15) is 19.2 Å². The van der Waals surface area contributed by atoms with Crippen molar-refractivity contribution in [1.29, 1.82) is 0 Å². The maximum absolute atomic E-state index is 11.7. The molecule has 19 heavy (non-hydrogen) atoms. The van der Waals surface area contributed by atoms with Gasteiger partial charge < -0.3 is 10.1 Å². The largest absolute Gasteiger partial charge is 0.469 e. The number of hydrogen-bond acceptors (Lipinski definition) is 5. The predicted octanol–water partition coefficient (Wildman–Crippen LogP) is 0.361. The number of rotatable bonds is 6. The molecule has 0 heterocycles. The Balaban J connectivity index is 2.58. The van der Waals surface area contributed by atoms with Gasteiger partial charge in [0.1, 0.15) is 6.42 Å². The van der Waals surface area contributed by atoms with Crippen LogP contribution in [0.3, 0.4) is 0 Å². The molecule has 0 aromatic heterocycles. The number of ketones is 1. The van der Waals surface area contributed by atoms with Crippen molar-refractivity contribution in [1.82, 2.24) is 5.32 Å². The third kappa shape index (κ3) is 4.34. The molecule has 0 unspecified atom stereocenters. The number of methoxy groups -OCH3 is 1. The van der Waals surface area contributed by atoms with Gasteiger partial charge >= 0.3 is 5.97 Å². The Hall–Kier alpha value is -2.50. The molecule has 1 amide bonds. The van der Waals surface area contributed by atoms with Crippen molar-refractivity contribution in [3.63, 3.8) is 0 Å². The number of hydrogen-bond donors (Lipinski definition) is 1. The molecule has 6 heteroatoms. The van der Waals surface area contributed by atoms with E-state index in [4.69, 9.17) is 0 Å². The second-order valence-corrected chi connectivity index (χ2v) is 3.68. The van der Waals surface area contributed by atoms with E-state index in [2.05, 4.69) is 10.1 Å². The zero-order valence-electron chi connectivity index (χ0n) is 10.3. The summed E-state index contributed by atoms with van der Waals surface area (Å²) in [5, 5.41) is 2.35. The van der Waals surface area contributed by atoms with Gasteiger partial charge in [0.2, 0.25) is 0 Å². The monoisotopic (exact) mass is 263 g/mol. The minimum absolute atomic E-state index is 0.184. The van der Waals surface area contributed by atoms with Gasteiger partial charge in [-0.05, 0) is 6.07 Å². The van der Waals surface area contributed by atoms with Crippen molar-refractivity contribution in [2.24, 2.45) is 0 Å². The topological polar surface area (TPSA) is 89.5 Å². The van der Waals surface area contributed by atoms with Crippen molar-refractivity contribution in [3.05, 3.63) is 35.4 Å². The van der Waals surface area contributed by atoms with Crippen LogP contribution >= 0.6 is 0 Å². The normalized spacial score (nSPS) is 9.53. The van der Waals surface area contributed by atoms with Crippen LogP contribution in [-0.4, -0.2) is 37.6 Å². The lowest BCUT2D eigenvalue weighted by atomic mass is 10.1. The van der Waals surface area contributed by atoms with Crippen LogP contribution < -0.4 is 5.32 Å². The highest BCUT2D eigenvalue weighted by atomic mass is 16.5. The third-order valence-corrected chi connectivity index (χ3v) is 2.35. The van der Waals surface area contributed by atoms with Crippen molar-refractivity contribution in [2.75, 3.05) is 13.7 Å². The maximum Gasteiger partial charge on any atom is 0.313 e. The Kier molecular flexibility index (Phi) is 5.40. The number of ether oxygens (including phenoxy) is 1. The first-order valence-corrected chi connectivity index (χ1v) is 5.49. The van der Waals surface area contributed by atoms with Crippen LogP contribution in [0.1, 0.15) is 27.1 Å². The number of esters is 1. The molecule has 0 radical (unpaired) electrons. The Bertz CT molecular complexity index is 510. The van der Waals surface area contributed by atoms with Gasteiger partial charge in [0.15, 0.2) is 12.1 Å². The zero-order valence-corrected chi connectivity index (χ0v) is 10.3. The first-order valence-electron chi connectivity index (χ1n) is 5.49. The number of amides is 1. The van der Waals surface area contributed by atoms with Gasteiger partial charge in [-0.25, -0.2) is 0 Å².